The van der Waals surface area contributed by atoms with Gasteiger partial charge in [-0.1, -0.05) is 117 Å². The Kier molecular flexibility index (Phi) is 6.16. The fraction of sp³-hybridized carbons (Fsp3) is 0.158. The molecule has 0 spiro atoms. The summed E-state index contributed by atoms with van der Waals surface area (Å²) in [6.45, 7) is 5.61. The molecule has 2 aliphatic heterocycles. The molecule has 8 rings (SSSR count). The van der Waals surface area contributed by atoms with Gasteiger partial charge >= 0.3 is 0 Å². The zero-order chi connectivity index (χ0) is 28.0. The van der Waals surface area contributed by atoms with E-state index in [0.29, 0.717) is 6.04 Å². The number of aromatic nitrogens is 1. The van der Waals surface area contributed by atoms with Gasteiger partial charge in [0.2, 0.25) is 0 Å². The van der Waals surface area contributed by atoms with Gasteiger partial charge in [-0.2, -0.15) is 0 Å². The second-order valence-corrected chi connectivity index (χ2v) is 11.7. The summed E-state index contributed by atoms with van der Waals surface area (Å²) in [5.74, 6) is 0. The van der Waals surface area contributed by atoms with E-state index in [2.05, 4.69) is 158 Å². The summed E-state index contributed by atoms with van der Waals surface area (Å²) in [5, 5.41) is 9.78. The van der Waals surface area contributed by atoms with Gasteiger partial charge in [-0.05, 0) is 46.0 Å². The van der Waals surface area contributed by atoms with Crippen molar-refractivity contribution in [2.24, 2.45) is 7.05 Å². The number of hydrogen-bond acceptors (Lipinski definition) is 2. The second kappa shape index (κ2) is 10.0. The lowest BCUT2D eigenvalue weighted by atomic mass is 9.77. The summed E-state index contributed by atoms with van der Waals surface area (Å²) in [6.07, 6.45) is 2.11. The van der Waals surface area contributed by atoms with Gasteiger partial charge in [-0.3, -0.25) is 0 Å². The third-order valence-electron chi connectivity index (χ3n) is 8.83. The van der Waals surface area contributed by atoms with Crippen molar-refractivity contribution in [1.82, 2.24) is 9.88 Å². The van der Waals surface area contributed by atoms with Crippen LogP contribution in [0.3, 0.4) is 0 Å². The summed E-state index contributed by atoms with van der Waals surface area (Å²) >= 11 is 0. The van der Waals surface area contributed by atoms with E-state index in [9.17, 15) is 0 Å². The molecule has 3 nitrogen and oxygen atoms in total. The van der Waals surface area contributed by atoms with E-state index in [-0.39, 0.29) is 5.41 Å². The maximum atomic E-state index is 3.80. The molecule has 3 heteroatoms. The number of aryl methyl sites for hydroxylation is 1. The molecule has 41 heavy (non-hydrogen) atoms. The highest BCUT2D eigenvalue weighted by Gasteiger charge is 2.40. The lowest BCUT2D eigenvalue weighted by molar-refractivity contribution is 0.474. The molecule has 0 saturated heterocycles. The van der Waals surface area contributed by atoms with Crippen LogP contribution < -0.4 is 10.6 Å². The van der Waals surface area contributed by atoms with Crippen molar-refractivity contribution in [3.05, 3.63) is 155 Å². The van der Waals surface area contributed by atoms with Crippen LogP contribution in [0.2, 0.25) is 0 Å². The molecule has 5 aromatic carbocycles. The van der Waals surface area contributed by atoms with E-state index in [4.69, 9.17) is 0 Å². The van der Waals surface area contributed by atoms with Crippen molar-refractivity contribution >= 4 is 33.1 Å². The number of nitrogens with zero attached hydrogens (tertiary/aromatic N) is 1. The minimum atomic E-state index is 0.0430. The molecule has 0 fully saturated rings. The Balaban J connectivity index is 0.000000149. The Bertz CT molecular complexity index is 1900. The standard InChI is InChI=1S/C23H22N2.C15H13N/c1-23(2)18-14-21-17(16-11-7-8-12-20(16)25(21)3)13-19(18)24-22(23)15-9-5-4-6-10-15;1-2-6-12(7-3-1)15-11-16-10-13-8-4-5-9-14(13)15/h4-14,22,24H,1-3H3;1-9,11,16H,10H2. The van der Waals surface area contributed by atoms with E-state index in [0.717, 1.165) is 6.54 Å². The largest absolute Gasteiger partial charge is 0.386 e. The summed E-state index contributed by atoms with van der Waals surface area (Å²) in [4.78, 5) is 0. The van der Waals surface area contributed by atoms with Crippen LogP contribution in [0.1, 0.15) is 47.7 Å². The van der Waals surface area contributed by atoms with Crippen LogP contribution in [0.4, 0.5) is 5.69 Å². The predicted octanol–water partition coefficient (Wildman–Crippen LogP) is 8.95. The Morgan fingerprint density at radius 2 is 1.39 bits per heavy atom. The quantitative estimate of drug-likeness (QED) is 0.233. The molecule has 0 amide bonds. The lowest BCUT2D eigenvalue weighted by Crippen LogP contribution is -2.25. The summed E-state index contributed by atoms with van der Waals surface area (Å²) in [6, 6.07) is 43.5. The molecule has 2 N–H and O–H groups in total. The third kappa shape index (κ3) is 4.29. The highest BCUT2D eigenvalue weighted by atomic mass is 15.0. The van der Waals surface area contributed by atoms with Crippen LogP contribution in [-0.4, -0.2) is 4.57 Å². The van der Waals surface area contributed by atoms with Crippen molar-refractivity contribution in [1.29, 1.82) is 0 Å². The van der Waals surface area contributed by atoms with Gasteiger partial charge in [0.15, 0.2) is 0 Å². The van der Waals surface area contributed by atoms with Gasteiger partial charge in [0.25, 0.3) is 0 Å². The van der Waals surface area contributed by atoms with Crippen LogP contribution >= 0.6 is 0 Å². The van der Waals surface area contributed by atoms with Crippen molar-refractivity contribution in [2.45, 2.75) is 31.8 Å². The van der Waals surface area contributed by atoms with Crippen molar-refractivity contribution in [2.75, 3.05) is 5.32 Å². The SMILES string of the molecule is C1=C(c2ccccc2)c2ccccc2CN1.Cn1c2ccccc2c2cc3c(cc21)C(C)(C)C(c1ccccc1)N3. The van der Waals surface area contributed by atoms with E-state index < -0.39 is 0 Å². The van der Waals surface area contributed by atoms with Gasteiger partial charge < -0.3 is 15.2 Å². The van der Waals surface area contributed by atoms with Crippen LogP contribution in [0.5, 0.6) is 0 Å². The van der Waals surface area contributed by atoms with Gasteiger partial charge in [0.05, 0.1) is 6.04 Å². The molecular formula is C38H35N3. The van der Waals surface area contributed by atoms with E-state index >= 15 is 0 Å². The van der Waals surface area contributed by atoms with Crippen molar-refractivity contribution in [3.8, 4) is 0 Å². The van der Waals surface area contributed by atoms with Crippen molar-refractivity contribution < 1.29 is 0 Å². The molecule has 0 saturated carbocycles. The Morgan fingerprint density at radius 1 is 0.707 bits per heavy atom. The maximum Gasteiger partial charge on any atom is 0.0606 e. The minimum Gasteiger partial charge on any atom is -0.386 e. The molecule has 1 aromatic heterocycles. The first kappa shape index (κ1) is 25.2. The van der Waals surface area contributed by atoms with Crippen LogP contribution in [0.15, 0.2) is 128 Å². The average Bonchev–Trinajstić information content (AvgIpc) is 3.46. The molecule has 6 aromatic rings. The van der Waals surface area contributed by atoms with Gasteiger partial charge in [-0.15, -0.1) is 0 Å². The Hall–Kier alpha value is -4.76. The average molecular weight is 534 g/mol. The second-order valence-electron chi connectivity index (χ2n) is 11.7. The first-order valence-electron chi connectivity index (χ1n) is 14.4. The van der Waals surface area contributed by atoms with Crippen LogP contribution in [0, 0.1) is 0 Å². The molecule has 1 atom stereocenters. The minimum absolute atomic E-state index is 0.0430. The van der Waals surface area contributed by atoms with Crippen molar-refractivity contribution in [3.63, 3.8) is 0 Å². The number of para-hydroxylation sites is 1. The number of benzene rings is 5. The number of fused-ring (bicyclic) bond motifs is 5. The normalized spacial score (nSPS) is 16.6. The summed E-state index contributed by atoms with van der Waals surface area (Å²) in [7, 11) is 2.17. The molecule has 3 heterocycles. The van der Waals surface area contributed by atoms with E-state index in [1.165, 1.54) is 60.9 Å². The molecule has 1 unspecified atom stereocenters. The maximum absolute atomic E-state index is 3.80. The molecular weight excluding hydrogens is 498 g/mol. The van der Waals surface area contributed by atoms with Crippen LogP contribution in [-0.2, 0) is 19.0 Å². The number of anilines is 1. The number of rotatable bonds is 2. The summed E-state index contributed by atoms with van der Waals surface area (Å²) in [5.41, 5.74) is 11.9. The zero-order valence-electron chi connectivity index (χ0n) is 23.9. The molecule has 0 bridgehead atoms. The molecule has 0 aliphatic carbocycles. The van der Waals surface area contributed by atoms with Gasteiger partial charge in [0, 0.05) is 58.3 Å². The lowest BCUT2D eigenvalue weighted by Gasteiger charge is -2.28. The first-order chi connectivity index (χ1) is 20.0. The number of hydrogen-bond donors (Lipinski definition) is 2. The fourth-order valence-electron chi connectivity index (χ4n) is 6.63. The van der Waals surface area contributed by atoms with E-state index in [1.54, 1.807) is 0 Å². The molecule has 202 valence electrons. The van der Waals surface area contributed by atoms with E-state index in [1.807, 2.05) is 6.07 Å². The highest BCUT2D eigenvalue weighted by Crippen LogP contribution is 2.50. The smallest absolute Gasteiger partial charge is 0.0606 e. The third-order valence-corrected chi connectivity index (χ3v) is 8.83. The fourth-order valence-corrected chi connectivity index (χ4v) is 6.63. The molecule has 2 aliphatic rings. The molecule has 0 radical (unpaired) electrons. The predicted molar refractivity (Wildman–Crippen MR) is 173 cm³/mol. The van der Waals surface area contributed by atoms with Crippen LogP contribution in [0.25, 0.3) is 27.4 Å². The number of nitrogens with one attached hydrogen (secondary N) is 2. The first-order valence-corrected chi connectivity index (χ1v) is 14.4. The summed E-state index contributed by atoms with van der Waals surface area (Å²) < 4.78 is 2.32. The van der Waals surface area contributed by atoms with Gasteiger partial charge in [-0.25, -0.2) is 0 Å². The Labute approximate surface area is 242 Å². The Morgan fingerprint density at radius 3 is 2.20 bits per heavy atom. The monoisotopic (exact) mass is 533 g/mol. The topological polar surface area (TPSA) is 29.0 Å². The zero-order valence-corrected chi connectivity index (χ0v) is 23.9. The highest BCUT2D eigenvalue weighted by molar-refractivity contribution is 6.09. The van der Waals surface area contributed by atoms with Gasteiger partial charge in [0.1, 0.15) is 0 Å².